The number of hydrogen-bond acceptors (Lipinski definition) is 6. The number of esters is 3. The molecule has 1 atom stereocenters. The Balaban J connectivity index is 4.30. The van der Waals surface area contributed by atoms with E-state index in [0.29, 0.717) is 19.3 Å². The van der Waals surface area contributed by atoms with Crippen molar-refractivity contribution in [3.05, 3.63) is 36.5 Å². The smallest absolute Gasteiger partial charge is 0.306 e. The molecule has 0 radical (unpaired) electrons. The lowest BCUT2D eigenvalue weighted by Gasteiger charge is -2.18. The molecule has 0 saturated carbocycles. The third-order valence-electron chi connectivity index (χ3n) is 13.7. The van der Waals surface area contributed by atoms with Crippen LogP contribution in [0.2, 0.25) is 0 Å². The molecule has 0 aliphatic carbocycles. The number of allylic oxidation sites excluding steroid dienone is 6. The van der Waals surface area contributed by atoms with E-state index in [1.807, 2.05) is 0 Å². The molecule has 0 aliphatic heterocycles. The monoisotopic (exact) mass is 969 g/mol. The van der Waals surface area contributed by atoms with E-state index in [1.165, 1.54) is 205 Å². The van der Waals surface area contributed by atoms with E-state index < -0.39 is 6.10 Å². The van der Waals surface area contributed by atoms with Gasteiger partial charge in [-0.1, -0.05) is 295 Å². The van der Waals surface area contributed by atoms with Crippen molar-refractivity contribution < 1.29 is 28.6 Å². The second-order valence-electron chi connectivity index (χ2n) is 20.6. The SMILES string of the molecule is CC/C=C\C/C=C\C/C=C\CCCCCC(=O)OCC(COC(=O)CCCCCCCCCCCCCCCCCCCCCC)OC(=O)CCCCCCCCCCCCCCCCCCCC. The molecule has 0 amide bonds. The molecule has 69 heavy (non-hydrogen) atoms. The fourth-order valence-electron chi connectivity index (χ4n) is 9.11. The number of carbonyl (C=O) groups is 3. The number of unbranched alkanes of at least 4 members (excludes halogenated alkanes) is 39. The summed E-state index contributed by atoms with van der Waals surface area (Å²) in [6, 6.07) is 0. The van der Waals surface area contributed by atoms with E-state index in [4.69, 9.17) is 14.2 Å². The Bertz CT molecular complexity index is 1160. The Labute approximate surface area is 429 Å². The number of ether oxygens (including phenoxy) is 3. The van der Waals surface area contributed by atoms with Gasteiger partial charge in [-0.15, -0.1) is 0 Å². The maximum atomic E-state index is 12.9. The Morgan fingerprint density at radius 1 is 0.304 bits per heavy atom. The lowest BCUT2D eigenvalue weighted by molar-refractivity contribution is -0.167. The maximum Gasteiger partial charge on any atom is 0.306 e. The molecule has 0 fully saturated rings. The highest BCUT2D eigenvalue weighted by Gasteiger charge is 2.19. The van der Waals surface area contributed by atoms with Gasteiger partial charge < -0.3 is 14.2 Å². The van der Waals surface area contributed by atoms with Crippen LogP contribution in [0.4, 0.5) is 0 Å². The van der Waals surface area contributed by atoms with E-state index in [9.17, 15) is 14.4 Å². The average molecular weight is 970 g/mol. The minimum absolute atomic E-state index is 0.0763. The molecular weight excluding hydrogens is 853 g/mol. The molecular formula is C63H116O6. The molecule has 0 saturated heterocycles. The lowest BCUT2D eigenvalue weighted by Crippen LogP contribution is -2.30. The van der Waals surface area contributed by atoms with Crippen molar-refractivity contribution in [1.29, 1.82) is 0 Å². The molecule has 0 bridgehead atoms. The fraction of sp³-hybridized carbons (Fsp3) is 0.857. The van der Waals surface area contributed by atoms with Crippen molar-refractivity contribution in [1.82, 2.24) is 0 Å². The Hall–Kier alpha value is -2.37. The molecule has 0 aromatic heterocycles. The Morgan fingerprint density at radius 2 is 0.565 bits per heavy atom. The van der Waals surface area contributed by atoms with E-state index >= 15 is 0 Å². The average Bonchev–Trinajstić information content (AvgIpc) is 3.35. The second-order valence-corrected chi connectivity index (χ2v) is 20.6. The Kier molecular flexibility index (Phi) is 56.2. The summed E-state index contributed by atoms with van der Waals surface area (Å²) >= 11 is 0. The molecule has 1 unspecified atom stereocenters. The quantitative estimate of drug-likeness (QED) is 0.0261. The minimum Gasteiger partial charge on any atom is -0.462 e. The predicted molar refractivity (Wildman–Crippen MR) is 298 cm³/mol. The van der Waals surface area contributed by atoms with Gasteiger partial charge in [0.2, 0.25) is 0 Å². The van der Waals surface area contributed by atoms with Crippen LogP contribution < -0.4 is 0 Å². The van der Waals surface area contributed by atoms with Crippen LogP contribution in [0.25, 0.3) is 0 Å². The summed E-state index contributed by atoms with van der Waals surface area (Å²) in [7, 11) is 0. The van der Waals surface area contributed by atoms with Crippen molar-refractivity contribution in [2.24, 2.45) is 0 Å². The molecule has 0 heterocycles. The van der Waals surface area contributed by atoms with Gasteiger partial charge in [0, 0.05) is 19.3 Å². The van der Waals surface area contributed by atoms with E-state index in [-0.39, 0.29) is 31.1 Å². The zero-order valence-electron chi connectivity index (χ0n) is 46.3. The zero-order chi connectivity index (χ0) is 50.0. The molecule has 0 spiro atoms. The molecule has 6 heteroatoms. The van der Waals surface area contributed by atoms with Gasteiger partial charge in [-0.05, 0) is 51.4 Å². The lowest BCUT2D eigenvalue weighted by atomic mass is 10.0. The summed E-state index contributed by atoms with van der Waals surface area (Å²) in [5.74, 6) is -0.884. The summed E-state index contributed by atoms with van der Waals surface area (Å²) in [5.41, 5.74) is 0. The van der Waals surface area contributed by atoms with Crippen LogP contribution in [0.5, 0.6) is 0 Å². The minimum atomic E-state index is -0.780. The van der Waals surface area contributed by atoms with Crippen molar-refractivity contribution in [3.8, 4) is 0 Å². The summed E-state index contributed by atoms with van der Waals surface area (Å²) < 4.78 is 16.9. The van der Waals surface area contributed by atoms with Gasteiger partial charge in [-0.3, -0.25) is 14.4 Å². The van der Waals surface area contributed by atoms with Crippen LogP contribution in [-0.4, -0.2) is 37.2 Å². The van der Waals surface area contributed by atoms with Crippen LogP contribution in [0, 0.1) is 0 Å². The van der Waals surface area contributed by atoms with Crippen LogP contribution in [0.15, 0.2) is 36.5 Å². The van der Waals surface area contributed by atoms with Gasteiger partial charge in [0.15, 0.2) is 6.10 Å². The van der Waals surface area contributed by atoms with E-state index in [0.717, 1.165) is 83.5 Å². The third-order valence-corrected chi connectivity index (χ3v) is 13.7. The van der Waals surface area contributed by atoms with Crippen LogP contribution in [0.3, 0.4) is 0 Å². The van der Waals surface area contributed by atoms with E-state index in [2.05, 4.69) is 57.2 Å². The highest BCUT2D eigenvalue weighted by molar-refractivity contribution is 5.71. The maximum absolute atomic E-state index is 12.9. The summed E-state index contributed by atoms with van der Waals surface area (Å²) in [6.07, 6.45) is 70.1. The Morgan fingerprint density at radius 3 is 0.884 bits per heavy atom. The summed E-state index contributed by atoms with van der Waals surface area (Å²) in [5, 5.41) is 0. The second kappa shape index (κ2) is 58.2. The van der Waals surface area contributed by atoms with Gasteiger partial charge in [0.1, 0.15) is 13.2 Å². The van der Waals surface area contributed by atoms with Gasteiger partial charge in [-0.2, -0.15) is 0 Å². The van der Waals surface area contributed by atoms with Crippen molar-refractivity contribution in [2.75, 3.05) is 13.2 Å². The molecule has 0 rings (SSSR count). The van der Waals surface area contributed by atoms with Crippen molar-refractivity contribution in [3.63, 3.8) is 0 Å². The predicted octanol–water partition coefficient (Wildman–Crippen LogP) is 20.4. The van der Waals surface area contributed by atoms with Crippen LogP contribution >= 0.6 is 0 Å². The number of hydrogen-bond donors (Lipinski definition) is 0. The first-order valence-corrected chi connectivity index (χ1v) is 30.5. The summed E-state index contributed by atoms with van der Waals surface area (Å²) in [6.45, 7) is 6.56. The fourth-order valence-corrected chi connectivity index (χ4v) is 9.11. The van der Waals surface area contributed by atoms with E-state index in [1.54, 1.807) is 0 Å². The third kappa shape index (κ3) is 56.4. The standard InChI is InChI=1S/C63H116O6/c1-4-7-10-13-16-19-22-25-27-29-31-32-34-35-38-41-44-47-50-53-56-62(65)68-59-60(58-67-61(64)55-52-49-46-43-40-37-24-21-18-15-12-9-6-3)69-63(66)57-54-51-48-45-42-39-36-33-30-28-26-23-20-17-14-11-8-5-2/h9,12,18,21,37,40,60H,4-8,10-11,13-17,19-20,22-36,38-39,41-59H2,1-3H3/b12-9-,21-18-,40-37-. The zero-order valence-corrected chi connectivity index (χ0v) is 46.3. The first-order valence-electron chi connectivity index (χ1n) is 30.5. The molecule has 0 aromatic rings. The van der Waals surface area contributed by atoms with Gasteiger partial charge >= 0.3 is 17.9 Å². The first-order chi connectivity index (χ1) is 34.0. The molecule has 0 aliphatic rings. The molecule has 0 N–H and O–H groups in total. The highest BCUT2D eigenvalue weighted by atomic mass is 16.6. The number of rotatable bonds is 56. The van der Waals surface area contributed by atoms with Crippen molar-refractivity contribution >= 4 is 17.9 Å². The molecule has 0 aromatic carbocycles. The highest BCUT2D eigenvalue weighted by Crippen LogP contribution is 2.18. The van der Waals surface area contributed by atoms with Gasteiger partial charge in [-0.25, -0.2) is 0 Å². The van der Waals surface area contributed by atoms with Crippen LogP contribution in [-0.2, 0) is 28.6 Å². The molecule has 6 nitrogen and oxygen atoms in total. The van der Waals surface area contributed by atoms with Gasteiger partial charge in [0.05, 0.1) is 0 Å². The van der Waals surface area contributed by atoms with Crippen molar-refractivity contribution in [2.45, 2.75) is 335 Å². The van der Waals surface area contributed by atoms with Gasteiger partial charge in [0.25, 0.3) is 0 Å². The van der Waals surface area contributed by atoms with Crippen LogP contribution in [0.1, 0.15) is 329 Å². The number of carbonyl (C=O) groups excluding carboxylic acids is 3. The topological polar surface area (TPSA) is 78.9 Å². The first kappa shape index (κ1) is 66.6. The normalized spacial score (nSPS) is 12.2. The molecule has 404 valence electrons. The largest absolute Gasteiger partial charge is 0.462 e. The summed E-state index contributed by atoms with van der Waals surface area (Å²) in [4.78, 5) is 38.2.